The zero-order chi connectivity index (χ0) is 18.4. The van der Waals surface area contributed by atoms with Crippen LogP contribution in [-0.4, -0.2) is 31.4 Å². The van der Waals surface area contributed by atoms with Crippen molar-refractivity contribution in [1.82, 2.24) is 0 Å². The second kappa shape index (κ2) is 8.30. The second-order valence-electron chi connectivity index (χ2n) is 5.14. The van der Waals surface area contributed by atoms with Crippen LogP contribution in [0.25, 0.3) is 0 Å². The quantitative estimate of drug-likeness (QED) is 0.831. The summed E-state index contributed by atoms with van der Waals surface area (Å²) in [4.78, 5) is 37.5. The number of para-hydroxylation sites is 2. The van der Waals surface area contributed by atoms with Crippen molar-refractivity contribution in [2.24, 2.45) is 0 Å². The maximum absolute atomic E-state index is 12.3. The van der Waals surface area contributed by atoms with Crippen LogP contribution in [0.15, 0.2) is 48.5 Å². The summed E-state index contributed by atoms with van der Waals surface area (Å²) in [7, 11) is 1.25. The van der Waals surface area contributed by atoms with E-state index >= 15 is 0 Å². The summed E-state index contributed by atoms with van der Waals surface area (Å²) in [5.41, 5.74) is 0.945. The van der Waals surface area contributed by atoms with Gasteiger partial charge in [0.2, 0.25) is 11.8 Å². The largest absolute Gasteiger partial charge is 0.465 e. The maximum Gasteiger partial charge on any atom is 0.339 e. The van der Waals surface area contributed by atoms with E-state index in [-0.39, 0.29) is 18.0 Å². The molecule has 2 aromatic rings. The molecule has 2 aromatic carbocycles. The number of hydrogen-bond acceptors (Lipinski definition) is 4. The van der Waals surface area contributed by atoms with Gasteiger partial charge in [0.25, 0.3) is 0 Å². The van der Waals surface area contributed by atoms with E-state index in [1.165, 1.54) is 25.0 Å². The molecule has 0 saturated heterocycles. The van der Waals surface area contributed by atoms with Crippen LogP contribution < -0.4 is 10.2 Å². The van der Waals surface area contributed by atoms with Gasteiger partial charge < -0.3 is 15.0 Å². The summed E-state index contributed by atoms with van der Waals surface area (Å²) >= 11 is 6.01. The van der Waals surface area contributed by atoms with Crippen LogP contribution in [0.5, 0.6) is 0 Å². The average Bonchev–Trinajstić information content (AvgIpc) is 2.61. The minimum absolute atomic E-state index is 0.200. The van der Waals surface area contributed by atoms with Gasteiger partial charge in [-0.15, -0.1) is 0 Å². The van der Waals surface area contributed by atoms with Crippen molar-refractivity contribution in [2.45, 2.75) is 6.92 Å². The van der Waals surface area contributed by atoms with Crippen LogP contribution in [0.3, 0.4) is 0 Å². The first-order valence-electron chi connectivity index (χ1n) is 7.44. The molecule has 6 nitrogen and oxygen atoms in total. The number of halogens is 1. The van der Waals surface area contributed by atoms with Crippen molar-refractivity contribution >= 4 is 40.8 Å². The van der Waals surface area contributed by atoms with E-state index in [1.807, 2.05) is 0 Å². The Balaban J connectivity index is 2.25. The van der Waals surface area contributed by atoms with Crippen molar-refractivity contribution in [2.75, 3.05) is 23.9 Å². The predicted octanol–water partition coefficient (Wildman–Crippen LogP) is 3.12. The SMILES string of the molecule is COC(=O)c1ccccc1N(CC(=O)Nc1ccccc1Cl)C(C)=O. The number of nitrogens with zero attached hydrogens (tertiary/aromatic N) is 1. The highest BCUT2D eigenvalue weighted by molar-refractivity contribution is 6.33. The molecular weight excluding hydrogens is 344 g/mol. The summed E-state index contributed by atoms with van der Waals surface area (Å²) in [5, 5.41) is 3.04. The molecule has 0 heterocycles. The molecule has 25 heavy (non-hydrogen) atoms. The summed E-state index contributed by atoms with van der Waals surface area (Å²) in [6.07, 6.45) is 0. The van der Waals surface area contributed by atoms with Gasteiger partial charge in [-0.2, -0.15) is 0 Å². The fourth-order valence-electron chi connectivity index (χ4n) is 2.25. The van der Waals surface area contributed by atoms with Crippen molar-refractivity contribution in [3.05, 3.63) is 59.1 Å². The molecule has 7 heteroatoms. The molecule has 0 aliphatic rings. The van der Waals surface area contributed by atoms with E-state index in [9.17, 15) is 14.4 Å². The lowest BCUT2D eigenvalue weighted by molar-refractivity contribution is -0.120. The molecular formula is C18H17ClN2O4. The number of ether oxygens (including phenoxy) is 1. The molecule has 130 valence electrons. The number of rotatable bonds is 5. The number of nitrogens with one attached hydrogen (secondary N) is 1. The molecule has 0 atom stereocenters. The van der Waals surface area contributed by atoms with E-state index in [0.29, 0.717) is 16.4 Å². The molecule has 2 rings (SSSR count). The molecule has 0 aliphatic carbocycles. The monoisotopic (exact) mass is 360 g/mol. The van der Waals surface area contributed by atoms with E-state index < -0.39 is 11.9 Å². The van der Waals surface area contributed by atoms with Crippen molar-refractivity contribution in [3.63, 3.8) is 0 Å². The first-order valence-corrected chi connectivity index (χ1v) is 7.81. The molecule has 1 N–H and O–H groups in total. The summed E-state index contributed by atoms with van der Waals surface area (Å²) < 4.78 is 4.73. The van der Waals surface area contributed by atoms with Crippen molar-refractivity contribution in [1.29, 1.82) is 0 Å². The topological polar surface area (TPSA) is 75.7 Å². The van der Waals surface area contributed by atoms with E-state index in [4.69, 9.17) is 16.3 Å². The number of carbonyl (C=O) groups is 3. The lowest BCUT2D eigenvalue weighted by Crippen LogP contribution is -2.37. The number of esters is 1. The smallest absolute Gasteiger partial charge is 0.339 e. The average molecular weight is 361 g/mol. The van der Waals surface area contributed by atoms with E-state index in [2.05, 4.69) is 5.32 Å². The van der Waals surface area contributed by atoms with Gasteiger partial charge in [-0.3, -0.25) is 9.59 Å². The van der Waals surface area contributed by atoms with Gasteiger partial charge in [0.15, 0.2) is 0 Å². The lowest BCUT2D eigenvalue weighted by Gasteiger charge is -2.22. The van der Waals surface area contributed by atoms with Crippen LogP contribution in [0.2, 0.25) is 5.02 Å². The Morgan fingerprint density at radius 1 is 1.08 bits per heavy atom. The normalized spacial score (nSPS) is 10.0. The molecule has 0 unspecified atom stereocenters. The van der Waals surface area contributed by atoms with E-state index in [0.717, 1.165) is 0 Å². The third kappa shape index (κ3) is 4.58. The predicted molar refractivity (Wildman–Crippen MR) is 95.9 cm³/mol. The van der Waals surface area contributed by atoms with Gasteiger partial charge in [-0.1, -0.05) is 35.9 Å². The zero-order valence-corrected chi connectivity index (χ0v) is 14.5. The Morgan fingerprint density at radius 3 is 2.36 bits per heavy atom. The van der Waals surface area contributed by atoms with Crippen LogP contribution in [0.1, 0.15) is 17.3 Å². The number of benzene rings is 2. The molecule has 0 aliphatic heterocycles. The van der Waals surface area contributed by atoms with Crippen LogP contribution in [-0.2, 0) is 14.3 Å². The number of methoxy groups -OCH3 is 1. The van der Waals surface area contributed by atoms with Gasteiger partial charge in [-0.25, -0.2) is 4.79 Å². The number of carbonyl (C=O) groups excluding carboxylic acids is 3. The van der Waals surface area contributed by atoms with Crippen LogP contribution >= 0.6 is 11.6 Å². The van der Waals surface area contributed by atoms with Crippen molar-refractivity contribution < 1.29 is 19.1 Å². The number of anilines is 2. The Hall–Kier alpha value is -2.86. The Kier molecular flexibility index (Phi) is 6.14. The highest BCUT2D eigenvalue weighted by Gasteiger charge is 2.22. The number of hydrogen-bond donors (Lipinski definition) is 1. The molecule has 2 amide bonds. The number of amides is 2. The fourth-order valence-corrected chi connectivity index (χ4v) is 2.44. The standard InChI is InChI=1S/C18H17ClN2O4/c1-12(22)21(16-10-6-3-7-13(16)18(24)25-2)11-17(23)20-15-9-5-4-8-14(15)19/h3-10H,11H2,1-2H3,(H,20,23). The molecule has 0 aromatic heterocycles. The maximum atomic E-state index is 12.3. The minimum Gasteiger partial charge on any atom is -0.465 e. The van der Waals surface area contributed by atoms with Gasteiger partial charge in [-0.05, 0) is 24.3 Å². The van der Waals surface area contributed by atoms with Crippen molar-refractivity contribution in [3.8, 4) is 0 Å². The Bertz CT molecular complexity index is 807. The zero-order valence-electron chi connectivity index (χ0n) is 13.8. The second-order valence-corrected chi connectivity index (χ2v) is 5.55. The molecule has 0 spiro atoms. The fraction of sp³-hybridized carbons (Fsp3) is 0.167. The van der Waals surface area contributed by atoms with Crippen LogP contribution in [0, 0.1) is 0 Å². The Labute approximate surface area is 150 Å². The van der Waals surface area contributed by atoms with Gasteiger partial charge in [0.05, 0.1) is 29.1 Å². The molecule has 0 radical (unpaired) electrons. The van der Waals surface area contributed by atoms with Gasteiger partial charge in [0, 0.05) is 6.92 Å². The Morgan fingerprint density at radius 2 is 1.72 bits per heavy atom. The first-order chi connectivity index (χ1) is 11.9. The minimum atomic E-state index is -0.589. The van der Waals surface area contributed by atoms with Gasteiger partial charge in [0.1, 0.15) is 6.54 Å². The molecule has 0 saturated carbocycles. The van der Waals surface area contributed by atoms with Crippen LogP contribution in [0.4, 0.5) is 11.4 Å². The van der Waals surface area contributed by atoms with Gasteiger partial charge >= 0.3 is 5.97 Å². The summed E-state index contributed by atoms with van der Waals surface area (Å²) in [6, 6.07) is 13.2. The third-order valence-electron chi connectivity index (χ3n) is 3.43. The highest BCUT2D eigenvalue weighted by atomic mass is 35.5. The third-order valence-corrected chi connectivity index (χ3v) is 3.76. The molecule has 0 bridgehead atoms. The summed E-state index contributed by atoms with van der Waals surface area (Å²) in [5.74, 6) is -1.41. The summed E-state index contributed by atoms with van der Waals surface area (Å²) in [6.45, 7) is 1.05. The molecule has 0 fully saturated rings. The lowest BCUT2D eigenvalue weighted by atomic mass is 10.1. The highest BCUT2D eigenvalue weighted by Crippen LogP contribution is 2.23. The first kappa shape index (κ1) is 18.5. The van der Waals surface area contributed by atoms with E-state index in [1.54, 1.807) is 42.5 Å².